The van der Waals surface area contributed by atoms with Gasteiger partial charge in [0.1, 0.15) is 6.07 Å². The largest absolute Gasteiger partial charge is 0.397 e. The maximum Gasteiger partial charge on any atom is 0.255 e. The van der Waals surface area contributed by atoms with Gasteiger partial charge in [-0.1, -0.05) is 24.3 Å². The van der Waals surface area contributed by atoms with E-state index >= 15 is 0 Å². The number of rotatable bonds is 8. The summed E-state index contributed by atoms with van der Waals surface area (Å²) < 4.78 is 5.11. The lowest BCUT2D eigenvalue weighted by atomic mass is 10.0. The fourth-order valence-corrected chi connectivity index (χ4v) is 3.11. The van der Waals surface area contributed by atoms with Crippen molar-refractivity contribution >= 4 is 17.3 Å². The van der Waals surface area contributed by atoms with Crippen LogP contribution in [-0.2, 0) is 11.3 Å². The van der Waals surface area contributed by atoms with Crippen LogP contribution in [0.5, 0.6) is 0 Å². The smallest absolute Gasteiger partial charge is 0.255 e. The highest BCUT2D eigenvalue weighted by Gasteiger charge is 2.12. The number of benzene rings is 2. The van der Waals surface area contributed by atoms with Gasteiger partial charge in [-0.25, -0.2) is 0 Å². The van der Waals surface area contributed by atoms with E-state index in [1.165, 1.54) is 0 Å². The van der Waals surface area contributed by atoms with Crippen molar-refractivity contribution in [1.82, 2.24) is 10.3 Å². The number of nitrogens with one attached hydrogen (secondary N) is 2. The number of pyridine rings is 1. The number of hydrogen-bond donors (Lipinski definition) is 3. The number of hydrogen-bond acceptors (Lipinski definition) is 6. The molecule has 0 spiro atoms. The number of amides is 1. The van der Waals surface area contributed by atoms with Gasteiger partial charge in [0.05, 0.1) is 29.2 Å². The molecule has 0 aliphatic carbocycles. The summed E-state index contributed by atoms with van der Waals surface area (Å²) in [5.74, 6) is -0.260. The van der Waals surface area contributed by atoms with Crippen molar-refractivity contribution in [1.29, 1.82) is 5.26 Å². The van der Waals surface area contributed by atoms with E-state index in [-0.39, 0.29) is 11.9 Å². The van der Waals surface area contributed by atoms with E-state index in [9.17, 15) is 10.1 Å². The molecule has 2 aromatic carbocycles. The Kier molecular flexibility index (Phi) is 7.33. The molecular formula is C24H25N5O2. The fourth-order valence-electron chi connectivity index (χ4n) is 3.11. The Morgan fingerprint density at radius 3 is 2.65 bits per heavy atom. The first-order chi connectivity index (χ1) is 15.0. The van der Waals surface area contributed by atoms with Crippen LogP contribution >= 0.6 is 0 Å². The SMILES string of the molecule is COCC(C)NCc1cnc(-c2ccc(C(=O)Nc3ccccc3N)cc2)c(C#N)c1. The number of nitrogens with two attached hydrogens (primary N) is 1. The van der Waals surface area contributed by atoms with Gasteiger partial charge in [0.25, 0.3) is 5.91 Å². The van der Waals surface area contributed by atoms with E-state index in [0.29, 0.717) is 41.3 Å². The Morgan fingerprint density at radius 1 is 1.23 bits per heavy atom. The molecule has 1 heterocycles. The summed E-state index contributed by atoms with van der Waals surface area (Å²) >= 11 is 0. The Bertz CT molecular complexity index is 1090. The molecule has 3 aromatic rings. The molecule has 7 heteroatoms. The zero-order valence-electron chi connectivity index (χ0n) is 17.6. The van der Waals surface area contributed by atoms with Gasteiger partial charge in [-0.05, 0) is 42.8 Å². The molecule has 1 amide bonds. The number of aromatic nitrogens is 1. The molecule has 0 fully saturated rings. The molecule has 31 heavy (non-hydrogen) atoms. The molecule has 158 valence electrons. The van der Waals surface area contributed by atoms with Gasteiger partial charge in [0, 0.05) is 37.0 Å². The number of methoxy groups -OCH3 is 1. The summed E-state index contributed by atoms with van der Waals surface area (Å²) in [5, 5.41) is 15.7. The summed E-state index contributed by atoms with van der Waals surface area (Å²) in [6.07, 6.45) is 1.75. The lowest BCUT2D eigenvalue weighted by molar-refractivity contribution is 0.102. The summed E-state index contributed by atoms with van der Waals surface area (Å²) in [7, 11) is 1.66. The van der Waals surface area contributed by atoms with Crippen molar-refractivity contribution < 1.29 is 9.53 Å². The molecule has 4 N–H and O–H groups in total. The zero-order chi connectivity index (χ0) is 22.2. The molecular weight excluding hydrogens is 390 g/mol. The minimum absolute atomic E-state index is 0.195. The van der Waals surface area contributed by atoms with Gasteiger partial charge in [-0.3, -0.25) is 9.78 Å². The molecule has 0 aliphatic heterocycles. The molecule has 0 saturated carbocycles. The number of carbonyl (C=O) groups excluding carboxylic acids is 1. The van der Waals surface area contributed by atoms with Gasteiger partial charge in [0.15, 0.2) is 0 Å². The molecule has 0 radical (unpaired) electrons. The molecule has 1 unspecified atom stereocenters. The first-order valence-corrected chi connectivity index (χ1v) is 9.89. The van der Waals surface area contributed by atoms with Crippen LogP contribution in [0.3, 0.4) is 0 Å². The number of anilines is 2. The number of nitrogen functional groups attached to an aromatic ring is 1. The lowest BCUT2D eigenvalue weighted by Crippen LogP contribution is -2.29. The molecule has 3 rings (SSSR count). The second-order valence-corrected chi connectivity index (χ2v) is 7.21. The first kappa shape index (κ1) is 22.0. The van der Waals surface area contributed by atoms with Gasteiger partial charge < -0.3 is 21.1 Å². The highest BCUT2D eigenvalue weighted by molar-refractivity contribution is 6.05. The van der Waals surface area contributed by atoms with Crippen molar-refractivity contribution in [3.8, 4) is 17.3 Å². The van der Waals surface area contributed by atoms with E-state index in [1.54, 1.807) is 55.8 Å². The van der Waals surface area contributed by atoms with Crippen molar-refractivity contribution in [2.75, 3.05) is 24.8 Å². The summed E-state index contributed by atoms with van der Waals surface area (Å²) in [4.78, 5) is 17.0. The van der Waals surface area contributed by atoms with Crippen LogP contribution < -0.4 is 16.4 Å². The van der Waals surface area contributed by atoms with Crippen LogP contribution in [0.15, 0.2) is 60.8 Å². The van der Waals surface area contributed by atoms with E-state index in [4.69, 9.17) is 10.5 Å². The first-order valence-electron chi connectivity index (χ1n) is 9.89. The van der Waals surface area contributed by atoms with Crippen LogP contribution in [0.1, 0.15) is 28.4 Å². The molecule has 1 aromatic heterocycles. The Hall–Kier alpha value is -3.73. The van der Waals surface area contributed by atoms with E-state index in [2.05, 4.69) is 21.7 Å². The second kappa shape index (κ2) is 10.3. The highest BCUT2D eigenvalue weighted by Crippen LogP contribution is 2.23. The third-order valence-corrected chi connectivity index (χ3v) is 4.77. The monoisotopic (exact) mass is 415 g/mol. The summed E-state index contributed by atoms with van der Waals surface area (Å²) in [5.41, 5.74) is 10.2. The zero-order valence-corrected chi connectivity index (χ0v) is 17.6. The van der Waals surface area contributed by atoms with Gasteiger partial charge in [-0.2, -0.15) is 5.26 Å². The minimum atomic E-state index is -0.260. The van der Waals surface area contributed by atoms with Crippen molar-refractivity contribution in [3.05, 3.63) is 77.5 Å². The molecule has 0 bridgehead atoms. The Labute approximate surface area is 181 Å². The Morgan fingerprint density at radius 2 is 1.97 bits per heavy atom. The van der Waals surface area contributed by atoms with E-state index in [0.717, 1.165) is 11.1 Å². The molecule has 1 atom stereocenters. The predicted molar refractivity (Wildman–Crippen MR) is 121 cm³/mol. The van der Waals surface area contributed by atoms with Crippen LogP contribution in [0.4, 0.5) is 11.4 Å². The summed E-state index contributed by atoms with van der Waals surface area (Å²) in [6.45, 7) is 3.22. The van der Waals surface area contributed by atoms with Crippen LogP contribution in [0.2, 0.25) is 0 Å². The quantitative estimate of drug-likeness (QED) is 0.485. The standard InChI is InChI=1S/C24H25N5O2/c1-16(15-31-2)27-13-17-11-20(12-25)23(28-14-17)18-7-9-19(10-8-18)24(30)29-22-6-4-3-5-21(22)26/h3-11,14,16,27H,13,15,26H2,1-2H3,(H,29,30). The molecule has 7 nitrogen and oxygen atoms in total. The predicted octanol–water partition coefficient (Wildman–Crippen LogP) is 3.58. The topological polar surface area (TPSA) is 113 Å². The Balaban J connectivity index is 1.73. The third kappa shape index (κ3) is 5.66. The van der Waals surface area contributed by atoms with Crippen LogP contribution in [0, 0.1) is 11.3 Å². The number of nitriles is 1. The van der Waals surface area contributed by atoms with Crippen molar-refractivity contribution in [3.63, 3.8) is 0 Å². The highest BCUT2D eigenvalue weighted by atomic mass is 16.5. The summed E-state index contributed by atoms with van der Waals surface area (Å²) in [6, 6.07) is 18.3. The second-order valence-electron chi connectivity index (χ2n) is 7.21. The fraction of sp³-hybridized carbons (Fsp3) is 0.208. The maximum absolute atomic E-state index is 12.5. The normalized spacial score (nSPS) is 11.5. The van der Waals surface area contributed by atoms with Crippen molar-refractivity contribution in [2.24, 2.45) is 0 Å². The molecule has 0 aliphatic rings. The third-order valence-electron chi connectivity index (χ3n) is 4.77. The molecule has 0 saturated heterocycles. The number of para-hydroxylation sites is 2. The van der Waals surface area contributed by atoms with E-state index < -0.39 is 0 Å². The van der Waals surface area contributed by atoms with Crippen LogP contribution in [-0.4, -0.2) is 30.6 Å². The van der Waals surface area contributed by atoms with Gasteiger partial charge in [0.2, 0.25) is 0 Å². The number of nitrogens with zero attached hydrogens (tertiary/aromatic N) is 2. The average molecular weight is 415 g/mol. The van der Waals surface area contributed by atoms with Crippen LogP contribution in [0.25, 0.3) is 11.3 Å². The van der Waals surface area contributed by atoms with Crippen molar-refractivity contribution in [2.45, 2.75) is 19.5 Å². The maximum atomic E-state index is 12.5. The average Bonchev–Trinajstić information content (AvgIpc) is 2.79. The minimum Gasteiger partial charge on any atom is -0.397 e. The van der Waals surface area contributed by atoms with Gasteiger partial charge in [-0.15, -0.1) is 0 Å². The number of ether oxygens (including phenoxy) is 1. The lowest BCUT2D eigenvalue weighted by Gasteiger charge is -2.13. The number of carbonyl (C=O) groups is 1. The van der Waals surface area contributed by atoms with Gasteiger partial charge >= 0.3 is 0 Å². The van der Waals surface area contributed by atoms with E-state index in [1.807, 2.05) is 19.1 Å².